The van der Waals surface area contributed by atoms with E-state index in [1.807, 2.05) is 6.07 Å². The summed E-state index contributed by atoms with van der Waals surface area (Å²) in [6.45, 7) is 4.90. The lowest BCUT2D eigenvalue weighted by Gasteiger charge is -2.29. The topological polar surface area (TPSA) is 72.5 Å². The second-order valence-electron chi connectivity index (χ2n) is 4.83. The van der Waals surface area contributed by atoms with Gasteiger partial charge in [0.15, 0.2) is 0 Å². The van der Waals surface area contributed by atoms with Gasteiger partial charge in [0.2, 0.25) is 5.91 Å². The van der Waals surface area contributed by atoms with E-state index in [1.165, 1.54) is 0 Å². The van der Waals surface area contributed by atoms with Crippen LogP contribution in [0.15, 0.2) is 22.8 Å². The highest BCUT2D eigenvalue weighted by molar-refractivity contribution is 5.78. The van der Waals surface area contributed by atoms with Crippen LogP contribution in [-0.4, -0.2) is 55.0 Å². The molecule has 1 aromatic rings. The maximum Gasteiger partial charge on any atom is 0.237 e. The predicted octanol–water partition coefficient (Wildman–Crippen LogP) is 0.427. The summed E-state index contributed by atoms with van der Waals surface area (Å²) in [6.07, 6.45) is 1.94. The first-order valence-electron chi connectivity index (χ1n) is 6.90. The predicted molar refractivity (Wildman–Crippen MR) is 73.7 cm³/mol. The Bertz CT molecular complexity index is 446. The minimum Gasteiger partial charge on any atom is -0.467 e. The fourth-order valence-electron chi connectivity index (χ4n) is 2.23. The van der Waals surface area contributed by atoms with Crippen LogP contribution < -0.4 is 5.32 Å². The van der Waals surface area contributed by atoms with E-state index in [9.17, 15) is 4.79 Å². The number of nitrogens with zero attached hydrogens (tertiary/aromatic N) is 3. The van der Waals surface area contributed by atoms with Crippen molar-refractivity contribution in [1.82, 2.24) is 15.1 Å². The molecule has 1 aromatic heterocycles. The molecular weight excluding hydrogens is 256 g/mol. The Balaban J connectivity index is 1.90. The second kappa shape index (κ2) is 7.68. The van der Waals surface area contributed by atoms with Crippen molar-refractivity contribution in [2.24, 2.45) is 0 Å². The number of nitriles is 1. The molecule has 0 aromatic carbocycles. The first kappa shape index (κ1) is 14.6. The Kier molecular flexibility index (Phi) is 5.59. The standard InChI is InChI=1S/C14H20N4O2/c15-4-2-7-18(11-13-3-1-10-20-13)14(19)12-17-8-5-16-6-9-17/h1,3,10,16H,2,5-9,11-12H2. The van der Waals surface area contributed by atoms with Gasteiger partial charge in [0.05, 0.1) is 31.8 Å². The Hall–Kier alpha value is -1.84. The SMILES string of the molecule is N#CCCN(Cc1ccco1)C(=O)CN1CCNCC1. The van der Waals surface area contributed by atoms with E-state index in [0.717, 1.165) is 31.9 Å². The van der Waals surface area contributed by atoms with Gasteiger partial charge in [-0.1, -0.05) is 0 Å². The molecule has 1 amide bonds. The number of piperazine rings is 1. The van der Waals surface area contributed by atoms with Gasteiger partial charge in [-0.15, -0.1) is 0 Å². The van der Waals surface area contributed by atoms with Gasteiger partial charge in [-0.3, -0.25) is 9.69 Å². The minimum atomic E-state index is 0.0542. The molecule has 6 nitrogen and oxygen atoms in total. The zero-order valence-electron chi connectivity index (χ0n) is 11.5. The molecular formula is C14H20N4O2. The van der Waals surface area contributed by atoms with Gasteiger partial charge < -0.3 is 14.6 Å². The smallest absolute Gasteiger partial charge is 0.237 e. The summed E-state index contributed by atoms with van der Waals surface area (Å²) in [4.78, 5) is 16.2. The van der Waals surface area contributed by atoms with Gasteiger partial charge in [0.25, 0.3) is 0 Å². The Morgan fingerprint density at radius 1 is 1.50 bits per heavy atom. The van der Waals surface area contributed by atoms with E-state index >= 15 is 0 Å². The quantitative estimate of drug-likeness (QED) is 0.815. The molecule has 108 valence electrons. The zero-order chi connectivity index (χ0) is 14.2. The van der Waals surface area contributed by atoms with Crippen molar-refractivity contribution in [2.75, 3.05) is 39.3 Å². The molecule has 1 N–H and O–H groups in total. The van der Waals surface area contributed by atoms with Crippen molar-refractivity contribution in [3.05, 3.63) is 24.2 Å². The molecule has 2 rings (SSSR count). The maximum atomic E-state index is 12.4. The average molecular weight is 276 g/mol. The van der Waals surface area contributed by atoms with E-state index in [0.29, 0.717) is 26.1 Å². The maximum absolute atomic E-state index is 12.4. The van der Waals surface area contributed by atoms with Crippen LogP contribution in [0.25, 0.3) is 0 Å². The van der Waals surface area contributed by atoms with Crippen molar-refractivity contribution < 1.29 is 9.21 Å². The highest BCUT2D eigenvalue weighted by atomic mass is 16.3. The van der Waals surface area contributed by atoms with Crippen molar-refractivity contribution in [3.63, 3.8) is 0 Å². The number of carbonyl (C=O) groups excluding carboxylic acids is 1. The largest absolute Gasteiger partial charge is 0.467 e. The molecule has 1 fully saturated rings. The number of hydrogen-bond acceptors (Lipinski definition) is 5. The van der Waals surface area contributed by atoms with Crippen LogP contribution in [0.3, 0.4) is 0 Å². The van der Waals surface area contributed by atoms with Crippen molar-refractivity contribution >= 4 is 5.91 Å². The van der Waals surface area contributed by atoms with Gasteiger partial charge >= 0.3 is 0 Å². The van der Waals surface area contributed by atoms with E-state index in [-0.39, 0.29) is 5.91 Å². The summed E-state index contributed by atoms with van der Waals surface area (Å²) in [6, 6.07) is 5.74. The zero-order valence-corrected chi connectivity index (χ0v) is 11.5. The molecule has 6 heteroatoms. The van der Waals surface area contributed by atoms with Crippen LogP contribution in [0.1, 0.15) is 12.2 Å². The van der Waals surface area contributed by atoms with Crippen LogP contribution in [0, 0.1) is 11.3 Å². The van der Waals surface area contributed by atoms with Crippen LogP contribution in [0.2, 0.25) is 0 Å². The van der Waals surface area contributed by atoms with Crippen molar-refractivity contribution in [3.8, 4) is 6.07 Å². The number of rotatable bonds is 6. The first-order valence-corrected chi connectivity index (χ1v) is 6.90. The van der Waals surface area contributed by atoms with Gasteiger partial charge in [-0.25, -0.2) is 0 Å². The molecule has 0 radical (unpaired) electrons. The van der Waals surface area contributed by atoms with Crippen molar-refractivity contribution in [1.29, 1.82) is 5.26 Å². The van der Waals surface area contributed by atoms with Gasteiger partial charge in [-0.2, -0.15) is 5.26 Å². The number of furan rings is 1. The lowest BCUT2D eigenvalue weighted by molar-refractivity contribution is -0.133. The van der Waals surface area contributed by atoms with E-state index in [4.69, 9.17) is 9.68 Å². The highest BCUT2D eigenvalue weighted by Gasteiger charge is 2.19. The van der Waals surface area contributed by atoms with Gasteiger partial charge in [-0.05, 0) is 12.1 Å². The molecule has 1 aliphatic heterocycles. The second-order valence-corrected chi connectivity index (χ2v) is 4.83. The summed E-state index contributed by atoms with van der Waals surface area (Å²) >= 11 is 0. The van der Waals surface area contributed by atoms with Crippen LogP contribution in [0.4, 0.5) is 0 Å². The normalized spacial score (nSPS) is 15.8. The number of nitrogens with one attached hydrogen (secondary N) is 1. The van der Waals surface area contributed by atoms with Crippen LogP contribution >= 0.6 is 0 Å². The molecule has 1 saturated heterocycles. The number of amides is 1. The third-order valence-corrected chi connectivity index (χ3v) is 3.34. The van der Waals surface area contributed by atoms with E-state index < -0.39 is 0 Å². The summed E-state index contributed by atoms with van der Waals surface area (Å²) in [5.41, 5.74) is 0. The van der Waals surface area contributed by atoms with Crippen LogP contribution in [-0.2, 0) is 11.3 Å². The monoisotopic (exact) mass is 276 g/mol. The fraction of sp³-hybridized carbons (Fsp3) is 0.571. The molecule has 0 atom stereocenters. The summed E-state index contributed by atoms with van der Waals surface area (Å²) in [7, 11) is 0. The van der Waals surface area contributed by atoms with Gasteiger partial charge in [0.1, 0.15) is 5.76 Å². The minimum absolute atomic E-state index is 0.0542. The highest BCUT2D eigenvalue weighted by Crippen LogP contribution is 2.07. The molecule has 2 heterocycles. The molecule has 0 bridgehead atoms. The van der Waals surface area contributed by atoms with Crippen LogP contribution in [0.5, 0.6) is 0 Å². The average Bonchev–Trinajstić information content (AvgIpc) is 2.97. The Morgan fingerprint density at radius 2 is 2.30 bits per heavy atom. The molecule has 0 aliphatic carbocycles. The number of carbonyl (C=O) groups is 1. The third kappa shape index (κ3) is 4.37. The molecule has 0 saturated carbocycles. The summed E-state index contributed by atoms with van der Waals surface area (Å²) in [5.74, 6) is 0.801. The molecule has 0 unspecified atom stereocenters. The molecule has 0 spiro atoms. The lowest BCUT2D eigenvalue weighted by atomic mass is 10.3. The van der Waals surface area contributed by atoms with E-state index in [2.05, 4.69) is 16.3 Å². The Morgan fingerprint density at radius 3 is 2.95 bits per heavy atom. The Labute approximate surface area is 118 Å². The molecule has 20 heavy (non-hydrogen) atoms. The number of hydrogen-bond donors (Lipinski definition) is 1. The summed E-state index contributed by atoms with van der Waals surface area (Å²) in [5, 5.41) is 12.0. The van der Waals surface area contributed by atoms with Gasteiger partial charge in [0, 0.05) is 32.7 Å². The van der Waals surface area contributed by atoms with Crippen molar-refractivity contribution in [2.45, 2.75) is 13.0 Å². The van der Waals surface area contributed by atoms with E-state index in [1.54, 1.807) is 17.2 Å². The fourth-order valence-corrected chi connectivity index (χ4v) is 2.23. The first-order chi connectivity index (χ1) is 9.79. The summed E-state index contributed by atoms with van der Waals surface area (Å²) < 4.78 is 5.28. The third-order valence-electron chi connectivity index (χ3n) is 3.34. The molecule has 1 aliphatic rings. The lowest BCUT2D eigenvalue weighted by Crippen LogP contribution is -2.48.